The van der Waals surface area contributed by atoms with E-state index >= 15 is 0 Å². The first-order chi connectivity index (χ1) is 10.8. The van der Waals surface area contributed by atoms with E-state index in [0.29, 0.717) is 12.3 Å². The van der Waals surface area contributed by atoms with Crippen molar-refractivity contribution in [3.63, 3.8) is 0 Å². The molecule has 0 radical (unpaired) electrons. The summed E-state index contributed by atoms with van der Waals surface area (Å²) in [6, 6.07) is 13.5. The zero-order valence-corrected chi connectivity index (χ0v) is 13.4. The minimum absolute atomic E-state index is 0.352. The molecule has 22 heavy (non-hydrogen) atoms. The van der Waals surface area contributed by atoms with Crippen molar-refractivity contribution in [1.82, 2.24) is 4.90 Å². The maximum absolute atomic E-state index is 11.4. The van der Waals surface area contributed by atoms with Gasteiger partial charge in [0.2, 0.25) is 0 Å². The molecule has 1 atom stereocenters. The number of piperidine rings is 1. The first-order valence-electron chi connectivity index (χ1n) is 8.80. The van der Waals surface area contributed by atoms with E-state index in [-0.39, 0.29) is 0 Å². The summed E-state index contributed by atoms with van der Waals surface area (Å²) in [7, 11) is 0. The third-order valence-electron chi connectivity index (χ3n) is 5.26. The van der Waals surface area contributed by atoms with Gasteiger partial charge in [0, 0.05) is 25.6 Å². The molecule has 1 N–H and O–H groups in total. The number of hydrogen-bond donors (Lipinski definition) is 1. The molecule has 118 valence electrons. The van der Waals surface area contributed by atoms with Gasteiger partial charge in [0.1, 0.15) is 5.60 Å². The zero-order chi connectivity index (χ0) is 15.3. The van der Waals surface area contributed by atoms with Crippen LogP contribution >= 0.6 is 0 Å². The van der Waals surface area contributed by atoms with Crippen LogP contribution in [0.5, 0.6) is 0 Å². The maximum atomic E-state index is 11.4. The first kappa shape index (κ1) is 15.4. The van der Waals surface area contributed by atoms with Gasteiger partial charge in [-0.15, -0.1) is 0 Å². The first-order valence-corrected chi connectivity index (χ1v) is 8.80. The Balaban J connectivity index is 1.75. The van der Waals surface area contributed by atoms with Gasteiger partial charge in [-0.3, -0.25) is 0 Å². The molecule has 2 nitrogen and oxygen atoms in total. The van der Waals surface area contributed by atoms with Gasteiger partial charge in [0.05, 0.1) is 0 Å². The lowest BCUT2D eigenvalue weighted by molar-refractivity contribution is -0.0173. The highest BCUT2D eigenvalue weighted by atomic mass is 16.3. The normalized spacial score (nSPS) is 22.0. The SMILES string of the molecule is OC(CC#CN1CCCCC1)(c1ccccc1)C1CCCC1. The molecule has 1 saturated heterocycles. The van der Waals surface area contributed by atoms with Crippen molar-refractivity contribution >= 4 is 0 Å². The van der Waals surface area contributed by atoms with Crippen molar-refractivity contribution < 1.29 is 5.11 Å². The molecule has 1 aliphatic carbocycles. The Hall–Kier alpha value is -1.46. The summed E-state index contributed by atoms with van der Waals surface area (Å²) < 4.78 is 0. The number of aliphatic hydroxyl groups is 1. The van der Waals surface area contributed by atoms with Crippen molar-refractivity contribution in [1.29, 1.82) is 0 Å². The molecule has 0 aromatic heterocycles. The largest absolute Gasteiger partial charge is 0.384 e. The van der Waals surface area contributed by atoms with Gasteiger partial charge < -0.3 is 10.0 Å². The van der Waals surface area contributed by atoms with Gasteiger partial charge >= 0.3 is 0 Å². The smallest absolute Gasteiger partial charge is 0.103 e. The highest BCUT2D eigenvalue weighted by Gasteiger charge is 2.39. The molecule has 1 aromatic carbocycles. The van der Waals surface area contributed by atoms with Crippen molar-refractivity contribution in [3.05, 3.63) is 35.9 Å². The Morgan fingerprint density at radius 3 is 2.36 bits per heavy atom. The van der Waals surface area contributed by atoms with Gasteiger partial charge in [-0.2, -0.15) is 0 Å². The molecular weight excluding hydrogens is 270 g/mol. The molecule has 1 heterocycles. The second-order valence-corrected chi connectivity index (χ2v) is 6.78. The molecule has 0 spiro atoms. The molecule has 0 bridgehead atoms. The molecule has 1 unspecified atom stereocenters. The summed E-state index contributed by atoms with van der Waals surface area (Å²) in [5, 5.41) is 11.4. The molecule has 3 rings (SSSR count). The molecule has 1 aliphatic heterocycles. The van der Waals surface area contributed by atoms with Crippen LogP contribution in [0.1, 0.15) is 56.9 Å². The van der Waals surface area contributed by atoms with Gasteiger partial charge in [0.15, 0.2) is 0 Å². The van der Waals surface area contributed by atoms with E-state index in [1.807, 2.05) is 18.2 Å². The Bertz CT molecular complexity index is 518. The van der Waals surface area contributed by atoms with E-state index in [1.54, 1.807) is 0 Å². The van der Waals surface area contributed by atoms with Crippen molar-refractivity contribution in [2.45, 2.75) is 57.0 Å². The van der Waals surface area contributed by atoms with Gasteiger partial charge in [-0.25, -0.2) is 0 Å². The fraction of sp³-hybridized carbons (Fsp3) is 0.600. The second kappa shape index (κ2) is 7.20. The molecule has 0 amide bonds. The standard InChI is InChI=1S/C20H27NO/c22-20(19-12-5-6-13-19,18-10-3-1-4-11-18)14-9-17-21-15-7-2-8-16-21/h1,3-4,10-11,19,22H,2,5-8,12-16H2. The van der Waals surface area contributed by atoms with Crippen molar-refractivity contribution in [2.75, 3.05) is 13.1 Å². The van der Waals surface area contributed by atoms with Crippen LogP contribution < -0.4 is 0 Å². The molecule has 2 heteroatoms. The summed E-state index contributed by atoms with van der Waals surface area (Å²) in [5.41, 5.74) is 0.260. The minimum Gasteiger partial charge on any atom is -0.384 e. The Morgan fingerprint density at radius 2 is 1.68 bits per heavy atom. The zero-order valence-electron chi connectivity index (χ0n) is 13.4. The van der Waals surface area contributed by atoms with E-state index in [4.69, 9.17) is 0 Å². The topological polar surface area (TPSA) is 23.5 Å². The fourth-order valence-corrected chi connectivity index (χ4v) is 3.90. The second-order valence-electron chi connectivity index (χ2n) is 6.78. The number of likely N-dealkylation sites (tertiary alicyclic amines) is 1. The van der Waals surface area contributed by atoms with Gasteiger partial charge in [-0.1, -0.05) is 49.1 Å². The summed E-state index contributed by atoms with van der Waals surface area (Å²) in [6.07, 6.45) is 9.10. The molecule has 2 fully saturated rings. The van der Waals surface area contributed by atoms with Gasteiger partial charge in [-0.05, 0) is 43.6 Å². The van der Waals surface area contributed by atoms with Crippen LogP contribution in [0, 0.1) is 17.9 Å². The van der Waals surface area contributed by atoms with Crippen molar-refractivity contribution in [2.24, 2.45) is 5.92 Å². The van der Waals surface area contributed by atoms with E-state index in [1.165, 1.54) is 32.1 Å². The number of benzene rings is 1. The monoisotopic (exact) mass is 297 g/mol. The molecule has 1 saturated carbocycles. The number of rotatable bonds is 3. The van der Waals surface area contributed by atoms with Crippen LogP contribution in [-0.2, 0) is 5.60 Å². The summed E-state index contributed by atoms with van der Waals surface area (Å²) in [6.45, 7) is 2.17. The van der Waals surface area contributed by atoms with E-state index in [9.17, 15) is 5.11 Å². The lowest BCUT2D eigenvalue weighted by Gasteiger charge is -2.33. The van der Waals surface area contributed by atoms with Crippen LogP contribution in [0.25, 0.3) is 0 Å². The average Bonchev–Trinajstić information content (AvgIpc) is 3.12. The summed E-state index contributed by atoms with van der Waals surface area (Å²) >= 11 is 0. The molecule has 1 aromatic rings. The van der Waals surface area contributed by atoms with Crippen LogP contribution in [0.3, 0.4) is 0 Å². The lowest BCUT2D eigenvalue weighted by atomic mass is 9.78. The van der Waals surface area contributed by atoms with Gasteiger partial charge in [0.25, 0.3) is 0 Å². The predicted molar refractivity (Wildman–Crippen MR) is 90.1 cm³/mol. The lowest BCUT2D eigenvalue weighted by Crippen LogP contribution is -2.33. The maximum Gasteiger partial charge on any atom is 0.103 e. The summed E-state index contributed by atoms with van der Waals surface area (Å²) in [5.74, 6) is 3.65. The van der Waals surface area contributed by atoms with Crippen LogP contribution in [0.15, 0.2) is 30.3 Å². The van der Waals surface area contributed by atoms with Crippen LogP contribution in [0.2, 0.25) is 0 Å². The van der Waals surface area contributed by atoms with E-state index in [0.717, 1.165) is 31.5 Å². The highest BCUT2D eigenvalue weighted by molar-refractivity contribution is 5.26. The summed E-state index contributed by atoms with van der Waals surface area (Å²) in [4.78, 5) is 2.23. The number of nitrogens with zero attached hydrogens (tertiary/aromatic N) is 1. The quantitative estimate of drug-likeness (QED) is 0.855. The fourth-order valence-electron chi connectivity index (χ4n) is 3.90. The Kier molecular flexibility index (Phi) is 5.05. The molecule has 2 aliphatic rings. The van der Waals surface area contributed by atoms with Crippen LogP contribution in [-0.4, -0.2) is 23.1 Å². The van der Waals surface area contributed by atoms with Crippen LogP contribution in [0.4, 0.5) is 0 Å². The third kappa shape index (κ3) is 3.47. The average molecular weight is 297 g/mol. The predicted octanol–water partition coefficient (Wildman–Crippen LogP) is 3.90. The Labute approximate surface area is 134 Å². The van der Waals surface area contributed by atoms with E-state index < -0.39 is 5.60 Å². The number of hydrogen-bond acceptors (Lipinski definition) is 2. The highest BCUT2D eigenvalue weighted by Crippen LogP contribution is 2.42. The molecular formula is C20H27NO. The minimum atomic E-state index is -0.777. The Morgan fingerprint density at radius 1 is 1.00 bits per heavy atom. The van der Waals surface area contributed by atoms with Crippen molar-refractivity contribution in [3.8, 4) is 12.0 Å². The third-order valence-corrected chi connectivity index (χ3v) is 5.26. The van der Waals surface area contributed by atoms with E-state index in [2.05, 4.69) is 29.0 Å².